The van der Waals surface area contributed by atoms with Crippen LogP contribution in [0.2, 0.25) is 0 Å². The van der Waals surface area contributed by atoms with E-state index >= 15 is 0 Å². The molecule has 0 radical (unpaired) electrons. The highest BCUT2D eigenvalue weighted by Gasteiger charge is 2.07. The molecule has 1 aromatic rings. The van der Waals surface area contributed by atoms with Gasteiger partial charge in [0.2, 0.25) is 5.82 Å². The van der Waals surface area contributed by atoms with E-state index < -0.39 is 0 Å². The molecule has 1 rings (SSSR count). The lowest BCUT2D eigenvalue weighted by Gasteiger charge is -1.88. The van der Waals surface area contributed by atoms with Crippen molar-refractivity contribution in [2.24, 2.45) is 7.05 Å². The molecule has 0 aliphatic carbocycles. The van der Waals surface area contributed by atoms with Crippen molar-refractivity contribution in [1.82, 2.24) is 9.78 Å². The Morgan fingerprint density at radius 3 is 2.75 bits per heavy atom. The van der Waals surface area contributed by atoms with Gasteiger partial charge in [0.15, 0.2) is 0 Å². The summed E-state index contributed by atoms with van der Waals surface area (Å²) in [6, 6.07) is 0. The first-order valence-electron chi connectivity index (χ1n) is 4.00. The number of hydrogen-bond donors (Lipinski definition) is 1. The zero-order valence-electron chi connectivity index (χ0n) is 7.66. The fraction of sp³-hybridized carbons (Fsp3) is 0.500. The minimum Gasteiger partial charge on any atom is -0.195 e. The third-order valence-electron chi connectivity index (χ3n) is 1.81. The summed E-state index contributed by atoms with van der Waals surface area (Å²) in [6.45, 7) is 4.12. The highest BCUT2D eigenvalue weighted by atomic mass is 32.1. The van der Waals surface area contributed by atoms with E-state index in [1.807, 2.05) is 29.4 Å². The van der Waals surface area contributed by atoms with Crippen LogP contribution in [0, 0.1) is 11.7 Å². The molecule has 66 valence electrons. The second-order valence-electron chi connectivity index (χ2n) is 2.69. The molecule has 0 aliphatic heterocycles. The molecule has 0 amide bonds. The van der Waals surface area contributed by atoms with Gasteiger partial charge in [0.1, 0.15) is 0 Å². The molecule has 0 bridgehead atoms. The van der Waals surface area contributed by atoms with Crippen LogP contribution in [0.1, 0.15) is 19.2 Å². The maximum absolute atomic E-state index is 5.11. The van der Waals surface area contributed by atoms with Crippen LogP contribution >= 0.6 is 12.2 Å². The minimum atomic E-state index is 0.736. The van der Waals surface area contributed by atoms with Crippen molar-refractivity contribution in [2.75, 3.05) is 0 Å². The van der Waals surface area contributed by atoms with Crippen LogP contribution in [0.25, 0.3) is 6.20 Å². The molecule has 1 heterocycles. The quantitative estimate of drug-likeness (QED) is 0.547. The molecule has 4 heteroatoms. The molecule has 0 unspecified atom stereocenters. The van der Waals surface area contributed by atoms with E-state index in [2.05, 4.69) is 18.1 Å². The molecular formula is C8H14N3S+. The normalized spacial score (nSPS) is 11.2. The summed E-state index contributed by atoms with van der Waals surface area (Å²) in [4.78, 5) is 0. The molecule has 0 aromatic carbocycles. The maximum atomic E-state index is 5.11. The number of hydrogen-bond acceptors (Lipinski definition) is 1. The predicted molar refractivity (Wildman–Crippen MR) is 51.2 cm³/mol. The Balaban J connectivity index is 3.14. The average Bonchev–Trinajstić information content (AvgIpc) is 2.25. The molecule has 12 heavy (non-hydrogen) atoms. The van der Waals surface area contributed by atoms with Crippen LogP contribution in [0.4, 0.5) is 0 Å². The number of aromatic nitrogens is 3. The van der Waals surface area contributed by atoms with Crippen LogP contribution < -0.4 is 4.57 Å². The first-order chi connectivity index (χ1) is 5.66. The Morgan fingerprint density at radius 1 is 1.67 bits per heavy atom. The van der Waals surface area contributed by atoms with Gasteiger partial charge in [-0.1, -0.05) is 13.0 Å². The van der Waals surface area contributed by atoms with E-state index in [0.29, 0.717) is 0 Å². The predicted octanol–water partition coefficient (Wildman–Crippen LogP) is 1.56. The van der Waals surface area contributed by atoms with Crippen LogP contribution in [-0.4, -0.2) is 9.78 Å². The van der Waals surface area contributed by atoms with E-state index in [1.54, 1.807) is 0 Å². The molecule has 3 nitrogen and oxygen atoms in total. The summed E-state index contributed by atoms with van der Waals surface area (Å²) in [5.41, 5.74) is 0. The summed E-state index contributed by atoms with van der Waals surface area (Å²) in [5.74, 6) is 1.10. The molecule has 0 saturated heterocycles. The lowest BCUT2D eigenvalue weighted by molar-refractivity contribution is -0.583. The number of aryl methyl sites for hydroxylation is 1. The Bertz CT molecular complexity index is 346. The van der Waals surface area contributed by atoms with Gasteiger partial charge in [-0.3, -0.25) is 0 Å². The van der Waals surface area contributed by atoms with E-state index in [0.717, 1.165) is 17.0 Å². The second-order valence-corrected chi connectivity index (χ2v) is 3.07. The Hall–Kier alpha value is -0.900. The van der Waals surface area contributed by atoms with E-state index in [-0.39, 0.29) is 0 Å². The lowest BCUT2D eigenvalue weighted by atomic mass is 10.5. The van der Waals surface area contributed by atoms with Crippen molar-refractivity contribution in [3.63, 3.8) is 0 Å². The maximum Gasteiger partial charge on any atom is 0.327 e. The summed E-state index contributed by atoms with van der Waals surface area (Å²) in [7, 11) is 1.95. The largest absolute Gasteiger partial charge is 0.327 e. The van der Waals surface area contributed by atoms with Gasteiger partial charge < -0.3 is 0 Å². The lowest BCUT2D eigenvalue weighted by Crippen LogP contribution is -2.29. The summed E-state index contributed by atoms with van der Waals surface area (Å²) < 4.78 is 4.60. The molecule has 1 N–H and O–H groups in total. The zero-order valence-corrected chi connectivity index (χ0v) is 8.48. The number of H-pyrrole nitrogens is 1. The fourth-order valence-corrected chi connectivity index (χ4v) is 1.30. The van der Waals surface area contributed by atoms with Gasteiger partial charge in [0.05, 0.1) is 13.2 Å². The highest BCUT2D eigenvalue weighted by molar-refractivity contribution is 7.71. The topological polar surface area (TPSA) is 24.6 Å². The van der Waals surface area contributed by atoms with Crippen molar-refractivity contribution < 1.29 is 4.57 Å². The van der Waals surface area contributed by atoms with Crippen molar-refractivity contribution in [3.8, 4) is 0 Å². The van der Waals surface area contributed by atoms with Crippen molar-refractivity contribution in [2.45, 2.75) is 20.3 Å². The first-order valence-corrected chi connectivity index (χ1v) is 4.41. The smallest absolute Gasteiger partial charge is 0.195 e. The number of allylic oxidation sites excluding steroid dienone is 1. The van der Waals surface area contributed by atoms with E-state index in [1.165, 1.54) is 0 Å². The molecule has 0 fully saturated rings. The van der Waals surface area contributed by atoms with Gasteiger partial charge in [-0.05, 0) is 18.6 Å². The number of aromatic amines is 1. The molecular weight excluding hydrogens is 170 g/mol. The van der Waals surface area contributed by atoms with Gasteiger partial charge in [-0.25, -0.2) is 0 Å². The molecule has 0 aliphatic rings. The second kappa shape index (κ2) is 3.67. The van der Waals surface area contributed by atoms with E-state index in [9.17, 15) is 0 Å². The standard InChI is InChI=1S/C8H13N3S/c1-4-5-6-11-7(2)10(3)9-8(11)12/h5-6H,4H2,1-3H3/p+1. The Kier molecular flexibility index (Phi) is 2.81. The zero-order chi connectivity index (χ0) is 9.14. The number of rotatable bonds is 2. The van der Waals surface area contributed by atoms with Crippen LogP contribution in [-0.2, 0) is 7.05 Å². The van der Waals surface area contributed by atoms with Crippen molar-refractivity contribution in [1.29, 1.82) is 0 Å². The number of nitrogens with zero attached hydrogens (tertiary/aromatic N) is 2. The van der Waals surface area contributed by atoms with Gasteiger partial charge in [0.25, 0.3) is 0 Å². The fourth-order valence-electron chi connectivity index (χ4n) is 0.973. The monoisotopic (exact) mass is 184 g/mol. The first kappa shape index (κ1) is 9.19. The molecule has 1 aromatic heterocycles. The van der Waals surface area contributed by atoms with Gasteiger partial charge in [-0.2, -0.15) is 9.25 Å². The third kappa shape index (κ3) is 1.64. The van der Waals surface area contributed by atoms with Gasteiger partial charge in [0, 0.05) is 6.92 Å². The summed E-state index contributed by atoms with van der Waals surface area (Å²) >= 11 is 5.11. The van der Waals surface area contributed by atoms with E-state index in [4.69, 9.17) is 12.2 Å². The molecule has 0 atom stereocenters. The van der Waals surface area contributed by atoms with Crippen LogP contribution in [0.15, 0.2) is 6.08 Å². The van der Waals surface area contributed by atoms with Crippen molar-refractivity contribution in [3.05, 3.63) is 16.7 Å². The minimum absolute atomic E-state index is 0.736. The molecule has 0 saturated carbocycles. The summed E-state index contributed by atoms with van der Waals surface area (Å²) in [6.07, 6.45) is 5.10. The van der Waals surface area contributed by atoms with Crippen LogP contribution in [0.3, 0.4) is 0 Å². The Morgan fingerprint density at radius 2 is 2.33 bits per heavy atom. The van der Waals surface area contributed by atoms with Gasteiger partial charge >= 0.3 is 4.77 Å². The number of nitrogens with one attached hydrogen (secondary N) is 1. The van der Waals surface area contributed by atoms with Crippen molar-refractivity contribution >= 4 is 18.4 Å². The van der Waals surface area contributed by atoms with Gasteiger partial charge in [-0.15, -0.1) is 5.10 Å². The SMILES string of the molecule is CCC=C[n+]1c(C)n(C)[nH]c1=S. The average molecular weight is 184 g/mol. The summed E-state index contributed by atoms with van der Waals surface area (Å²) in [5, 5.41) is 3.03. The molecule has 0 spiro atoms. The third-order valence-corrected chi connectivity index (χ3v) is 2.09. The van der Waals surface area contributed by atoms with Crippen LogP contribution in [0.5, 0.6) is 0 Å². The highest BCUT2D eigenvalue weighted by Crippen LogP contribution is 1.88. The Labute approximate surface area is 77.3 Å².